The van der Waals surface area contributed by atoms with Crippen molar-refractivity contribution in [1.82, 2.24) is 0 Å². The highest BCUT2D eigenvalue weighted by Gasteiger charge is 2.44. The molecule has 0 unspecified atom stereocenters. The molecule has 2 fully saturated rings. The van der Waals surface area contributed by atoms with Gasteiger partial charge in [-0.3, -0.25) is 4.79 Å². The van der Waals surface area contributed by atoms with Gasteiger partial charge in [0.15, 0.2) is 10.9 Å². The molecule has 0 aliphatic carbocycles. The summed E-state index contributed by atoms with van der Waals surface area (Å²) in [6, 6.07) is 9.77. The van der Waals surface area contributed by atoms with Crippen LogP contribution in [0.1, 0.15) is 32.1 Å². The van der Waals surface area contributed by atoms with Crippen LogP contribution in [-0.2, 0) is 14.3 Å². The van der Waals surface area contributed by atoms with Crippen molar-refractivity contribution in [2.24, 2.45) is 0 Å². The summed E-state index contributed by atoms with van der Waals surface area (Å²) in [6.07, 6.45) is 4.41. The number of rotatable bonds is 3. The van der Waals surface area contributed by atoms with Crippen LogP contribution < -0.4 is 0 Å². The van der Waals surface area contributed by atoms with Crippen molar-refractivity contribution in [3.63, 3.8) is 0 Å². The monoisotopic (exact) mass is 278 g/mol. The lowest BCUT2D eigenvalue weighted by atomic mass is 10.1. The molecule has 2 aliphatic rings. The number of carbonyl (C=O) groups excluding carboxylic acids is 1. The van der Waals surface area contributed by atoms with Crippen molar-refractivity contribution in [2.75, 3.05) is 6.61 Å². The van der Waals surface area contributed by atoms with E-state index < -0.39 is 0 Å². The predicted molar refractivity (Wildman–Crippen MR) is 73.9 cm³/mol. The molecule has 1 aromatic rings. The Bertz CT molecular complexity index is 440. The van der Waals surface area contributed by atoms with Crippen molar-refractivity contribution >= 4 is 16.9 Å². The zero-order chi connectivity index (χ0) is 13.1. The Kier molecular flexibility index (Phi) is 3.91. The Hall–Kier alpha value is -0.840. The molecule has 0 bridgehead atoms. The highest BCUT2D eigenvalue weighted by molar-refractivity contribution is 8.13. The summed E-state index contributed by atoms with van der Waals surface area (Å²) in [5.74, 6) is -0.359. The first-order chi connectivity index (χ1) is 9.26. The van der Waals surface area contributed by atoms with E-state index in [-0.39, 0.29) is 17.0 Å². The number of benzene rings is 1. The van der Waals surface area contributed by atoms with E-state index in [1.807, 2.05) is 30.3 Å². The quantitative estimate of drug-likeness (QED) is 0.794. The third-order valence-corrected chi connectivity index (χ3v) is 4.57. The summed E-state index contributed by atoms with van der Waals surface area (Å²) < 4.78 is 11.7. The lowest BCUT2D eigenvalue weighted by molar-refractivity contribution is -0.198. The van der Waals surface area contributed by atoms with Crippen LogP contribution in [0, 0.1) is 0 Å². The molecule has 1 spiro atoms. The average Bonchev–Trinajstić information content (AvgIpc) is 3.02. The van der Waals surface area contributed by atoms with Gasteiger partial charge < -0.3 is 9.47 Å². The molecule has 0 amide bonds. The maximum atomic E-state index is 12.0. The van der Waals surface area contributed by atoms with E-state index in [2.05, 4.69) is 0 Å². The molecule has 0 saturated carbocycles. The largest absolute Gasteiger partial charge is 0.350 e. The van der Waals surface area contributed by atoms with Crippen LogP contribution >= 0.6 is 11.8 Å². The predicted octanol–water partition coefficient (Wildman–Crippen LogP) is 3.38. The summed E-state index contributed by atoms with van der Waals surface area (Å²) in [5, 5.41) is 0.172. The molecule has 1 aromatic carbocycles. The Balaban J connectivity index is 1.51. The standard InChI is InChI=1S/C15H18O3S/c16-14(19-13-5-2-1-3-6-13)11-12-7-9-15(18-12)8-4-10-17-15/h1-3,5-6,12H,4,7-11H2/t12-,15+/m1/s1. The number of ether oxygens (including phenoxy) is 2. The van der Waals surface area contributed by atoms with Crippen LogP contribution in [0.25, 0.3) is 0 Å². The van der Waals surface area contributed by atoms with E-state index in [9.17, 15) is 4.79 Å². The van der Waals surface area contributed by atoms with Crippen molar-refractivity contribution in [3.05, 3.63) is 30.3 Å². The van der Waals surface area contributed by atoms with Gasteiger partial charge in [-0.15, -0.1) is 0 Å². The molecule has 3 rings (SSSR count). The second-order valence-corrected chi connectivity index (χ2v) is 6.26. The van der Waals surface area contributed by atoms with Crippen molar-refractivity contribution in [3.8, 4) is 0 Å². The number of hydrogen-bond donors (Lipinski definition) is 0. The zero-order valence-corrected chi connectivity index (χ0v) is 11.7. The van der Waals surface area contributed by atoms with Gasteiger partial charge in [0, 0.05) is 24.2 Å². The number of thioether (sulfide) groups is 1. The third-order valence-electron chi connectivity index (χ3n) is 3.67. The van der Waals surface area contributed by atoms with E-state index >= 15 is 0 Å². The Morgan fingerprint density at radius 1 is 1.32 bits per heavy atom. The minimum atomic E-state index is -0.359. The van der Waals surface area contributed by atoms with Gasteiger partial charge in [0.2, 0.25) is 0 Å². The van der Waals surface area contributed by atoms with Gasteiger partial charge in [-0.25, -0.2) is 0 Å². The maximum Gasteiger partial charge on any atom is 0.196 e. The molecule has 0 N–H and O–H groups in total. The second-order valence-electron chi connectivity index (χ2n) is 5.13. The van der Waals surface area contributed by atoms with Gasteiger partial charge in [-0.05, 0) is 25.0 Å². The first kappa shape index (κ1) is 13.2. The molecule has 102 valence electrons. The smallest absolute Gasteiger partial charge is 0.196 e. The fraction of sp³-hybridized carbons (Fsp3) is 0.533. The zero-order valence-electron chi connectivity index (χ0n) is 10.8. The first-order valence-corrected chi connectivity index (χ1v) is 7.65. The van der Waals surface area contributed by atoms with Gasteiger partial charge in [0.25, 0.3) is 0 Å². The van der Waals surface area contributed by atoms with E-state index in [4.69, 9.17) is 9.47 Å². The second kappa shape index (κ2) is 5.65. The highest BCUT2D eigenvalue weighted by Crippen LogP contribution is 2.40. The summed E-state index contributed by atoms with van der Waals surface area (Å²) in [6.45, 7) is 0.791. The van der Waals surface area contributed by atoms with Crippen molar-refractivity contribution < 1.29 is 14.3 Å². The first-order valence-electron chi connectivity index (χ1n) is 6.83. The van der Waals surface area contributed by atoms with Crippen LogP contribution in [0.3, 0.4) is 0 Å². The van der Waals surface area contributed by atoms with Crippen molar-refractivity contribution in [2.45, 2.75) is 48.9 Å². The normalized spacial score (nSPS) is 30.0. The maximum absolute atomic E-state index is 12.0. The van der Waals surface area contributed by atoms with Crippen LogP contribution in [0.15, 0.2) is 35.2 Å². The summed E-state index contributed by atoms with van der Waals surface area (Å²) >= 11 is 1.30. The Morgan fingerprint density at radius 3 is 2.89 bits per heavy atom. The third kappa shape index (κ3) is 3.19. The molecular weight excluding hydrogens is 260 g/mol. The van der Waals surface area contributed by atoms with E-state index in [0.29, 0.717) is 6.42 Å². The van der Waals surface area contributed by atoms with Crippen LogP contribution in [0.2, 0.25) is 0 Å². The Morgan fingerprint density at radius 2 is 2.16 bits per heavy atom. The minimum absolute atomic E-state index is 0.0295. The topological polar surface area (TPSA) is 35.5 Å². The van der Waals surface area contributed by atoms with E-state index in [1.165, 1.54) is 11.8 Å². The van der Waals surface area contributed by atoms with Crippen LogP contribution in [0.4, 0.5) is 0 Å². The SMILES string of the molecule is O=C(C[C@H]1CC[C@]2(CCCO2)O1)Sc1ccccc1. The summed E-state index contributed by atoms with van der Waals surface area (Å²) in [4.78, 5) is 13.0. The molecule has 0 aromatic heterocycles. The number of carbonyl (C=O) groups is 1. The lowest BCUT2D eigenvalue weighted by Crippen LogP contribution is -2.28. The van der Waals surface area contributed by atoms with Gasteiger partial charge in [0.1, 0.15) is 0 Å². The molecular formula is C15H18O3S. The molecule has 2 aliphatic heterocycles. The summed E-state index contributed by atoms with van der Waals surface area (Å²) in [7, 11) is 0. The van der Waals surface area contributed by atoms with Gasteiger partial charge in [0.05, 0.1) is 12.7 Å². The Labute approximate surface area is 117 Å². The van der Waals surface area contributed by atoms with Crippen LogP contribution in [0.5, 0.6) is 0 Å². The lowest BCUT2D eigenvalue weighted by Gasteiger charge is -2.22. The van der Waals surface area contributed by atoms with Gasteiger partial charge in [-0.1, -0.05) is 30.0 Å². The number of hydrogen-bond acceptors (Lipinski definition) is 4. The molecule has 4 heteroatoms. The highest BCUT2D eigenvalue weighted by atomic mass is 32.2. The van der Waals surface area contributed by atoms with Gasteiger partial charge in [-0.2, -0.15) is 0 Å². The average molecular weight is 278 g/mol. The minimum Gasteiger partial charge on any atom is -0.350 e. The molecule has 2 heterocycles. The summed E-state index contributed by atoms with van der Waals surface area (Å²) in [5.41, 5.74) is 0. The van der Waals surface area contributed by atoms with Crippen LogP contribution in [-0.4, -0.2) is 23.6 Å². The molecule has 2 atom stereocenters. The molecule has 3 nitrogen and oxygen atoms in total. The fourth-order valence-electron chi connectivity index (χ4n) is 2.76. The van der Waals surface area contributed by atoms with Crippen molar-refractivity contribution in [1.29, 1.82) is 0 Å². The van der Waals surface area contributed by atoms with E-state index in [1.54, 1.807) is 0 Å². The van der Waals surface area contributed by atoms with E-state index in [0.717, 1.165) is 37.2 Å². The molecule has 0 radical (unpaired) electrons. The molecule has 2 saturated heterocycles. The van der Waals surface area contributed by atoms with Gasteiger partial charge >= 0.3 is 0 Å². The fourth-order valence-corrected chi connectivity index (χ4v) is 3.58. The molecule has 19 heavy (non-hydrogen) atoms.